The number of fused-ring (bicyclic) bond motifs is 2. The van der Waals surface area contributed by atoms with Gasteiger partial charge < -0.3 is 9.30 Å². The van der Waals surface area contributed by atoms with Gasteiger partial charge in [0.25, 0.3) is 11.7 Å². The van der Waals surface area contributed by atoms with E-state index in [1.54, 1.807) is 10.7 Å². The number of aryl methyl sites for hydroxylation is 1. The highest BCUT2D eigenvalue weighted by atomic mass is 16.2. The largest absolute Gasteiger partial charge is 0.338 e. The zero-order valence-corrected chi connectivity index (χ0v) is 15.9. The number of nitrogens with zero attached hydrogens (tertiary/aromatic N) is 7. The van der Waals surface area contributed by atoms with Gasteiger partial charge in [0.2, 0.25) is 0 Å². The molecule has 2 atom stereocenters. The van der Waals surface area contributed by atoms with E-state index in [2.05, 4.69) is 33.0 Å². The second-order valence-corrected chi connectivity index (χ2v) is 7.53. The predicted molar refractivity (Wildman–Crippen MR) is 103 cm³/mol. The average molecular weight is 375 g/mol. The summed E-state index contributed by atoms with van der Waals surface area (Å²) in [5, 5.41) is 4.36. The Labute approximate surface area is 161 Å². The summed E-state index contributed by atoms with van der Waals surface area (Å²) in [6.07, 6.45) is 7.92. The van der Waals surface area contributed by atoms with Crippen molar-refractivity contribution in [2.24, 2.45) is 5.92 Å². The molecule has 8 heteroatoms. The van der Waals surface area contributed by atoms with Crippen molar-refractivity contribution in [1.82, 2.24) is 33.9 Å². The molecule has 0 bridgehead atoms. The molecule has 1 saturated heterocycles. The number of rotatable bonds is 2. The summed E-state index contributed by atoms with van der Waals surface area (Å²) < 4.78 is 3.68. The van der Waals surface area contributed by atoms with Crippen LogP contribution in [-0.4, -0.2) is 52.9 Å². The Morgan fingerprint density at radius 2 is 2.14 bits per heavy atom. The number of carbonyl (C=O) groups is 1. The van der Waals surface area contributed by atoms with Crippen LogP contribution in [0.15, 0.2) is 43.1 Å². The number of likely N-dealkylation sites (tertiary alicyclic amines) is 1. The molecule has 1 amide bonds. The molecule has 142 valence electrons. The van der Waals surface area contributed by atoms with Crippen molar-refractivity contribution in [3.8, 4) is 0 Å². The van der Waals surface area contributed by atoms with E-state index in [0.717, 1.165) is 30.0 Å². The molecule has 0 radical (unpaired) electrons. The first-order valence-corrected chi connectivity index (χ1v) is 9.49. The molecule has 0 unspecified atom stereocenters. The third-order valence-electron chi connectivity index (χ3n) is 5.67. The first-order chi connectivity index (χ1) is 13.6. The summed E-state index contributed by atoms with van der Waals surface area (Å²) >= 11 is 0. The molecular formula is C20H21N7O. The van der Waals surface area contributed by atoms with Gasteiger partial charge in [-0.2, -0.15) is 10.1 Å². The smallest absolute Gasteiger partial charge is 0.255 e. The van der Waals surface area contributed by atoms with Gasteiger partial charge in [-0.05, 0) is 37.5 Å². The van der Waals surface area contributed by atoms with E-state index >= 15 is 0 Å². The molecule has 4 aromatic rings. The van der Waals surface area contributed by atoms with Gasteiger partial charge in [0.15, 0.2) is 0 Å². The number of piperidine rings is 1. The molecule has 4 aromatic heterocycles. The summed E-state index contributed by atoms with van der Waals surface area (Å²) in [5.41, 5.74) is 3.49. The molecule has 0 saturated carbocycles. The topological polar surface area (TPSA) is 80.7 Å². The van der Waals surface area contributed by atoms with E-state index in [-0.39, 0.29) is 11.8 Å². The number of hydrogen-bond donors (Lipinski definition) is 0. The van der Waals surface area contributed by atoms with Crippen molar-refractivity contribution in [2.45, 2.75) is 26.2 Å². The third kappa shape index (κ3) is 2.72. The van der Waals surface area contributed by atoms with Gasteiger partial charge in [-0.1, -0.05) is 6.92 Å². The van der Waals surface area contributed by atoms with Crippen LogP contribution >= 0.6 is 0 Å². The highest BCUT2D eigenvalue weighted by Gasteiger charge is 2.32. The van der Waals surface area contributed by atoms with Crippen LogP contribution in [0.4, 0.5) is 0 Å². The number of aromatic nitrogens is 6. The lowest BCUT2D eigenvalue weighted by atomic mass is 9.84. The second-order valence-electron chi connectivity index (χ2n) is 7.53. The van der Waals surface area contributed by atoms with Crippen molar-refractivity contribution in [2.75, 3.05) is 13.1 Å². The Bertz CT molecular complexity index is 1180. The Kier molecular flexibility index (Phi) is 3.85. The Balaban J connectivity index is 1.47. The quantitative estimate of drug-likeness (QED) is 0.537. The Morgan fingerprint density at radius 3 is 3.04 bits per heavy atom. The lowest BCUT2D eigenvalue weighted by Crippen LogP contribution is -2.42. The molecule has 1 aliphatic rings. The van der Waals surface area contributed by atoms with Gasteiger partial charge in [-0.3, -0.25) is 4.79 Å². The maximum absolute atomic E-state index is 13.2. The van der Waals surface area contributed by atoms with Crippen LogP contribution in [0.25, 0.3) is 11.4 Å². The average Bonchev–Trinajstić information content (AvgIpc) is 3.35. The van der Waals surface area contributed by atoms with E-state index in [0.29, 0.717) is 23.8 Å². The van der Waals surface area contributed by atoms with Gasteiger partial charge in [-0.25, -0.2) is 14.5 Å². The summed E-state index contributed by atoms with van der Waals surface area (Å²) in [6.45, 7) is 5.61. The van der Waals surface area contributed by atoms with Crippen molar-refractivity contribution < 1.29 is 4.79 Å². The fourth-order valence-electron chi connectivity index (χ4n) is 4.09. The van der Waals surface area contributed by atoms with Crippen LogP contribution in [0.2, 0.25) is 0 Å². The first-order valence-electron chi connectivity index (χ1n) is 9.49. The SMILES string of the molecule is Cc1cc([C@@H]2CN(C(=O)c3ccc4nccn4c3)CC[C@H]2C)n2ncnc2n1. The number of hydrogen-bond acceptors (Lipinski definition) is 5. The zero-order chi connectivity index (χ0) is 19.3. The molecule has 5 heterocycles. The molecule has 0 spiro atoms. The maximum atomic E-state index is 13.2. The molecule has 8 nitrogen and oxygen atoms in total. The number of imidazole rings is 1. The normalized spacial score (nSPS) is 20.1. The molecule has 0 aliphatic carbocycles. The number of pyridine rings is 1. The molecule has 0 N–H and O–H groups in total. The molecule has 1 aliphatic heterocycles. The molecule has 1 fully saturated rings. The molecule has 0 aromatic carbocycles. The van der Waals surface area contributed by atoms with Crippen LogP contribution in [-0.2, 0) is 0 Å². The zero-order valence-electron chi connectivity index (χ0n) is 15.9. The van der Waals surface area contributed by atoms with Gasteiger partial charge in [0, 0.05) is 43.3 Å². The summed E-state index contributed by atoms with van der Waals surface area (Å²) in [5.74, 6) is 1.28. The van der Waals surface area contributed by atoms with Crippen LogP contribution in [0, 0.1) is 12.8 Å². The second kappa shape index (κ2) is 6.40. The Hall–Kier alpha value is -3.29. The highest BCUT2D eigenvalue weighted by molar-refractivity contribution is 5.94. The van der Waals surface area contributed by atoms with E-state index in [1.165, 1.54) is 6.33 Å². The van der Waals surface area contributed by atoms with Crippen LogP contribution in [0.1, 0.15) is 41.0 Å². The van der Waals surface area contributed by atoms with E-state index in [9.17, 15) is 4.79 Å². The third-order valence-corrected chi connectivity index (χ3v) is 5.67. The lowest BCUT2D eigenvalue weighted by molar-refractivity contribution is 0.0665. The van der Waals surface area contributed by atoms with Crippen molar-refractivity contribution in [3.05, 3.63) is 60.1 Å². The van der Waals surface area contributed by atoms with Crippen LogP contribution < -0.4 is 0 Å². The number of amides is 1. The van der Waals surface area contributed by atoms with Gasteiger partial charge in [0.1, 0.15) is 12.0 Å². The van der Waals surface area contributed by atoms with Gasteiger partial charge in [-0.15, -0.1) is 0 Å². The highest BCUT2D eigenvalue weighted by Crippen LogP contribution is 2.33. The van der Waals surface area contributed by atoms with E-state index in [4.69, 9.17) is 0 Å². The summed E-state index contributed by atoms with van der Waals surface area (Å²) in [4.78, 5) is 28.0. The molecule has 5 rings (SSSR count). The van der Waals surface area contributed by atoms with E-state index < -0.39 is 0 Å². The van der Waals surface area contributed by atoms with Crippen LogP contribution in [0.5, 0.6) is 0 Å². The standard InChI is InChI=1S/C20H21N7O/c1-13-5-7-26(19(28)15-3-4-18-21-6-8-25(18)10-15)11-16(13)17-9-14(2)24-20-22-12-23-27(17)20/h3-4,6,8-10,12-13,16H,5,7,11H2,1-2H3/t13-,16-/m1/s1. The summed E-state index contributed by atoms with van der Waals surface area (Å²) in [7, 11) is 0. The Morgan fingerprint density at radius 1 is 1.25 bits per heavy atom. The number of carbonyl (C=O) groups excluding carboxylic acids is 1. The van der Waals surface area contributed by atoms with Gasteiger partial charge >= 0.3 is 0 Å². The van der Waals surface area contributed by atoms with Crippen molar-refractivity contribution in [3.63, 3.8) is 0 Å². The molecular weight excluding hydrogens is 354 g/mol. The minimum Gasteiger partial charge on any atom is -0.338 e. The minimum absolute atomic E-state index is 0.0492. The van der Waals surface area contributed by atoms with Crippen molar-refractivity contribution >= 4 is 17.3 Å². The fourth-order valence-corrected chi connectivity index (χ4v) is 4.09. The summed E-state index contributed by atoms with van der Waals surface area (Å²) in [6, 6.07) is 5.79. The minimum atomic E-state index is 0.0492. The maximum Gasteiger partial charge on any atom is 0.255 e. The fraction of sp³-hybridized carbons (Fsp3) is 0.350. The monoisotopic (exact) mass is 375 g/mol. The first kappa shape index (κ1) is 16.9. The van der Waals surface area contributed by atoms with Crippen molar-refractivity contribution in [1.29, 1.82) is 0 Å². The van der Waals surface area contributed by atoms with E-state index in [1.807, 2.05) is 40.8 Å². The lowest BCUT2D eigenvalue weighted by Gasteiger charge is -2.37. The predicted octanol–water partition coefficient (Wildman–Crippen LogP) is 2.35. The molecule has 28 heavy (non-hydrogen) atoms. The van der Waals surface area contributed by atoms with Gasteiger partial charge in [0.05, 0.1) is 11.3 Å². The van der Waals surface area contributed by atoms with Crippen LogP contribution in [0.3, 0.4) is 0 Å².